The van der Waals surface area contributed by atoms with E-state index in [1.54, 1.807) is 12.1 Å². The maximum absolute atomic E-state index is 12.7. The Labute approximate surface area is 132 Å². The third kappa shape index (κ3) is 2.70. The number of fused-ring (bicyclic) bond motifs is 1. The van der Waals surface area contributed by atoms with Crippen LogP contribution in [0.2, 0.25) is 0 Å². The van der Waals surface area contributed by atoms with Crippen molar-refractivity contribution >= 4 is 32.7 Å². The number of aryl methyl sites for hydroxylation is 1. The Bertz CT molecular complexity index is 898. The molecule has 1 aliphatic heterocycles. The van der Waals surface area contributed by atoms with Gasteiger partial charge in [-0.2, -0.15) is 0 Å². The first kappa shape index (κ1) is 15.5. The molecule has 0 spiro atoms. The van der Waals surface area contributed by atoms with Gasteiger partial charge in [0, 0.05) is 11.9 Å². The Hall–Kier alpha value is -2.35. The monoisotopic (exact) mass is 337 g/mol. The number of hydrogen-bond acceptors (Lipinski definition) is 5. The molecule has 1 N–H and O–H groups in total. The van der Waals surface area contributed by atoms with Gasteiger partial charge in [-0.25, -0.2) is 13.2 Å². The molecule has 0 aliphatic carbocycles. The van der Waals surface area contributed by atoms with Crippen molar-refractivity contribution in [2.75, 3.05) is 18.1 Å². The van der Waals surface area contributed by atoms with Crippen LogP contribution in [0.25, 0.3) is 11.0 Å². The molecule has 7 nitrogen and oxygen atoms in total. The molecular formula is C15H15NO6S. The summed E-state index contributed by atoms with van der Waals surface area (Å²) in [7, 11) is -3.46. The highest BCUT2D eigenvalue weighted by molar-refractivity contribution is 7.91. The van der Waals surface area contributed by atoms with Gasteiger partial charge in [0.15, 0.2) is 9.84 Å². The summed E-state index contributed by atoms with van der Waals surface area (Å²) in [5.41, 5.74) is 1.67. The largest absolute Gasteiger partial charge is 0.480 e. The molecule has 1 atom stereocenters. The van der Waals surface area contributed by atoms with Gasteiger partial charge < -0.3 is 14.4 Å². The van der Waals surface area contributed by atoms with Crippen LogP contribution < -0.4 is 0 Å². The van der Waals surface area contributed by atoms with Gasteiger partial charge >= 0.3 is 5.97 Å². The van der Waals surface area contributed by atoms with Gasteiger partial charge in [-0.1, -0.05) is 18.2 Å². The summed E-state index contributed by atoms with van der Waals surface area (Å²) in [6.07, 6.45) is 1.29. The molecule has 23 heavy (non-hydrogen) atoms. The van der Waals surface area contributed by atoms with Crippen LogP contribution in [0.5, 0.6) is 0 Å². The van der Waals surface area contributed by atoms with Crippen molar-refractivity contribution in [3.8, 4) is 0 Å². The van der Waals surface area contributed by atoms with Crippen LogP contribution in [0.15, 0.2) is 28.9 Å². The molecule has 1 saturated heterocycles. The van der Waals surface area contributed by atoms with Crippen LogP contribution in [0, 0.1) is 6.92 Å². The smallest absolute Gasteiger partial charge is 0.327 e. The van der Waals surface area contributed by atoms with Gasteiger partial charge in [0.05, 0.1) is 17.1 Å². The molecule has 3 rings (SSSR count). The minimum atomic E-state index is -3.46. The number of carboxylic acids is 1. The van der Waals surface area contributed by atoms with E-state index in [4.69, 9.17) is 4.42 Å². The number of amides is 1. The lowest BCUT2D eigenvalue weighted by atomic mass is 10.1. The molecule has 1 fully saturated rings. The average molecular weight is 337 g/mol. The van der Waals surface area contributed by atoms with E-state index in [-0.39, 0.29) is 17.9 Å². The van der Waals surface area contributed by atoms with Crippen LogP contribution in [-0.4, -0.2) is 54.4 Å². The number of carbonyl (C=O) groups excluding carboxylic acids is 1. The first-order valence-electron chi connectivity index (χ1n) is 7.01. The average Bonchev–Trinajstić information content (AvgIpc) is 2.91. The molecule has 1 aromatic carbocycles. The molecule has 2 aromatic rings. The highest BCUT2D eigenvalue weighted by atomic mass is 32.2. The van der Waals surface area contributed by atoms with Crippen molar-refractivity contribution in [3.63, 3.8) is 0 Å². The topological polar surface area (TPSA) is 105 Å². The molecule has 0 saturated carbocycles. The van der Waals surface area contributed by atoms with Crippen molar-refractivity contribution in [2.45, 2.75) is 13.0 Å². The number of nitrogens with zero attached hydrogens (tertiary/aromatic N) is 1. The number of para-hydroxylation sites is 1. The number of furan rings is 1. The molecule has 1 aliphatic rings. The Morgan fingerprint density at radius 1 is 1.35 bits per heavy atom. The molecule has 1 amide bonds. The number of carbonyl (C=O) groups is 2. The zero-order valence-corrected chi connectivity index (χ0v) is 13.2. The first-order valence-corrected chi connectivity index (χ1v) is 8.83. The normalized spacial score (nSPS) is 20.6. The number of carboxylic acid groups (broad SMARTS) is 1. The maximum Gasteiger partial charge on any atom is 0.327 e. The molecular weight excluding hydrogens is 322 g/mol. The van der Waals surface area contributed by atoms with Gasteiger partial charge in [-0.05, 0) is 12.5 Å². The van der Waals surface area contributed by atoms with E-state index in [2.05, 4.69) is 0 Å². The Kier molecular flexibility index (Phi) is 3.63. The summed E-state index contributed by atoms with van der Waals surface area (Å²) in [5, 5.41) is 9.85. The summed E-state index contributed by atoms with van der Waals surface area (Å²) in [5.74, 6) is -2.66. The van der Waals surface area contributed by atoms with E-state index in [1.165, 1.54) is 6.26 Å². The van der Waals surface area contributed by atoms with Gasteiger partial charge in [0.2, 0.25) is 0 Å². The molecule has 122 valence electrons. The third-order valence-corrected chi connectivity index (χ3v) is 5.63. The minimum absolute atomic E-state index is 0.142. The van der Waals surface area contributed by atoms with E-state index in [0.29, 0.717) is 11.0 Å². The lowest BCUT2D eigenvalue weighted by molar-refractivity contribution is -0.141. The number of sulfone groups is 1. The van der Waals surface area contributed by atoms with Crippen molar-refractivity contribution in [1.82, 2.24) is 4.90 Å². The maximum atomic E-state index is 12.7. The number of aliphatic carboxylic acids is 1. The van der Waals surface area contributed by atoms with Crippen molar-refractivity contribution in [3.05, 3.63) is 35.6 Å². The fraction of sp³-hybridized carbons (Fsp3) is 0.333. The van der Waals surface area contributed by atoms with Gasteiger partial charge in [0.1, 0.15) is 17.9 Å². The SMILES string of the molecule is Cc1cccc2c(C(=O)N3CCS(=O)(=O)CC3C(=O)O)coc12. The number of rotatable bonds is 2. The van der Waals surface area contributed by atoms with Crippen LogP contribution in [-0.2, 0) is 14.6 Å². The molecule has 1 aromatic heterocycles. The van der Waals surface area contributed by atoms with Crippen molar-refractivity contribution < 1.29 is 27.5 Å². The summed E-state index contributed by atoms with van der Waals surface area (Å²) in [6, 6.07) is 3.96. The summed E-state index contributed by atoms with van der Waals surface area (Å²) in [6.45, 7) is 1.70. The second-order valence-corrected chi connectivity index (χ2v) is 7.80. The molecule has 0 bridgehead atoms. The third-order valence-electron chi connectivity index (χ3n) is 4.00. The van der Waals surface area contributed by atoms with Crippen molar-refractivity contribution in [1.29, 1.82) is 0 Å². The first-order chi connectivity index (χ1) is 10.8. The van der Waals surface area contributed by atoms with Gasteiger partial charge in [-0.15, -0.1) is 0 Å². The predicted molar refractivity (Wildman–Crippen MR) is 82.1 cm³/mol. The molecule has 0 radical (unpaired) electrons. The minimum Gasteiger partial charge on any atom is -0.480 e. The number of hydrogen-bond donors (Lipinski definition) is 1. The van der Waals surface area contributed by atoms with E-state index in [9.17, 15) is 23.1 Å². The second kappa shape index (κ2) is 5.38. The zero-order chi connectivity index (χ0) is 16.8. The van der Waals surface area contributed by atoms with Crippen LogP contribution >= 0.6 is 0 Å². The number of benzene rings is 1. The summed E-state index contributed by atoms with van der Waals surface area (Å²) >= 11 is 0. The molecule has 2 heterocycles. The standard InChI is InChI=1S/C15H15NO6S/c1-9-3-2-4-10-11(7-22-13(9)10)14(17)16-5-6-23(20,21)8-12(16)15(18)19/h2-4,7,12H,5-6,8H2,1H3,(H,18,19). The zero-order valence-electron chi connectivity index (χ0n) is 12.4. The van der Waals surface area contributed by atoms with E-state index in [0.717, 1.165) is 10.5 Å². The Morgan fingerprint density at radius 2 is 2.09 bits per heavy atom. The highest BCUT2D eigenvalue weighted by Gasteiger charge is 2.39. The van der Waals surface area contributed by atoms with Gasteiger partial charge in [0.25, 0.3) is 5.91 Å². The molecule has 8 heteroatoms. The Balaban J connectivity index is 2.01. The second-order valence-electron chi connectivity index (χ2n) is 5.57. The fourth-order valence-corrected chi connectivity index (χ4v) is 4.22. The van der Waals surface area contributed by atoms with E-state index < -0.39 is 33.5 Å². The predicted octanol–water partition coefficient (Wildman–Crippen LogP) is 1.07. The lowest BCUT2D eigenvalue weighted by Gasteiger charge is -2.32. The molecule has 1 unspecified atom stereocenters. The van der Waals surface area contributed by atoms with Crippen LogP contribution in [0.4, 0.5) is 0 Å². The van der Waals surface area contributed by atoms with Crippen LogP contribution in [0.3, 0.4) is 0 Å². The fourth-order valence-electron chi connectivity index (χ4n) is 2.78. The van der Waals surface area contributed by atoms with Crippen LogP contribution in [0.1, 0.15) is 15.9 Å². The van der Waals surface area contributed by atoms with Gasteiger partial charge in [-0.3, -0.25) is 4.79 Å². The summed E-state index contributed by atoms with van der Waals surface area (Å²) in [4.78, 5) is 25.2. The Morgan fingerprint density at radius 3 is 2.78 bits per heavy atom. The van der Waals surface area contributed by atoms with Crippen molar-refractivity contribution in [2.24, 2.45) is 0 Å². The van der Waals surface area contributed by atoms with E-state index in [1.807, 2.05) is 13.0 Å². The summed E-state index contributed by atoms with van der Waals surface area (Å²) < 4.78 is 28.7. The lowest BCUT2D eigenvalue weighted by Crippen LogP contribution is -2.54. The highest BCUT2D eigenvalue weighted by Crippen LogP contribution is 2.26. The quantitative estimate of drug-likeness (QED) is 0.879. The van der Waals surface area contributed by atoms with E-state index >= 15 is 0 Å².